The van der Waals surface area contributed by atoms with Crippen LogP contribution in [0.15, 0.2) is 36.9 Å². The van der Waals surface area contributed by atoms with E-state index in [0.717, 1.165) is 19.3 Å². The average molecular weight is 599 g/mol. The molecule has 230 valence electrons. The molecule has 1 spiro atoms. The summed E-state index contributed by atoms with van der Waals surface area (Å²) in [5.41, 5.74) is -0.732. The molecule has 1 saturated heterocycles. The van der Waals surface area contributed by atoms with Gasteiger partial charge < -0.3 is 18.8 Å². The van der Waals surface area contributed by atoms with Gasteiger partial charge in [-0.1, -0.05) is 58.9 Å². The van der Waals surface area contributed by atoms with Crippen LogP contribution in [0.2, 0.25) is 18.1 Å². The van der Waals surface area contributed by atoms with Crippen molar-refractivity contribution in [1.82, 2.24) is 9.80 Å². The van der Waals surface area contributed by atoms with Gasteiger partial charge in [-0.25, -0.2) is 4.90 Å². The van der Waals surface area contributed by atoms with Crippen molar-refractivity contribution in [2.45, 2.75) is 103 Å². The maximum atomic E-state index is 14.5. The zero-order valence-electron chi connectivity index (χ0n) is 26.1. The van der Waals surface area contributed by atoms with Crippen LogP contribution < -0.4 is 4.74 Å². The Morgan fingerprint density at radius 1 is 1.14 bits per heavy atom. The summed E-state index contributed by atoms with van der Waals surface area (Å²) in [6, 6.07) is 6.35. The number of ether oxygens (including phenoxy) is 2. The molecule has 0 bridgehead atoms. The first kappa shape index (κ1) is 31.9. The zero-order chi connectivity index (χ0) is 31.0. The fourth-order valence-corrected chi connectivity index (χ4v) is 7.69. The summed E-state index contributed by atoms with van der Waals surface area (Å²) in [5.74, 6) is -2.62. The molecule has 10 heteroatoms. The van der Waals surface area contributed by atoms with Gasteiger partial charge in [0.25, 0.3) is 5.91 Å². The Labute approximate surface area is 250 Å². The number of rotatable bonds is 9. The van der Waals surface area contributed by atoms with Gasteiger partial charge in [0, 0.05) is 12.8 Å². The number of imide groups is 1. The van der Waals surface area contributed by atoms with Crippen molar-refractivity contribution in [3.8, 4) is 5.75 Å². The summed E-state index contributed by atoms with van der Waals surface area (Å²) in [5, 5.41) is -0.0858. The smallest absolute Gasteiger partial charge is 0.325 e. The number of nitrogens with zero attached hydrogens (tertiary/aromatic N) is 2. The van der Waals surface area contributed by atoms with Gasteiger partial charge in [-0.05, 0) is 50.0 Å². The lowest BCUT2D eigenvalue weighted by Gasteiger charge is -2.54. The van der Waals surface area contributed by atoms with Crippen LogP contribution in [0.5, 0.6) is 5.75 Å². The van der Waals surface area contributed by atoms with Crippen LogP contribution in [-0.2, 0) is 23.5 Å². The molecule has 4 atom stereocenters. The van der Waals surface area contributed by atoms with Crippen LogP contribution in [0.4, 0.5) is 0 Å². The normalized spacial score (nSPS) is 23.4. The predicted molar refractivity (Wildman–Crippen MR) is 161 cm³/mol. The van der Waals surface area contributed by atoms with Crippen molar-refractivity contribution in [3.05, 3.63) is 42.5 Å². The highest BCUT2D eigenvalue weighted by molar-refractivity contribution is 6.74. The fourth-order valence-electron chi connectivity index (χ4n) is 6.26. The molecular formula is C32H46N2O7Si. The monoisotopic (exact) mass is 598 g/mol. The SMILES string of the molecule is C=CCOC(=O)CN1C(=O)C([C@@H](C)O[Si](C)(C)C(C)(C)C)C1[C@@H](C)C(=O)N1C(=O)c2ccccc2OC12CCCCC2. The average Bonchev–Trinajstić information content (AvgIpc) is 2.92. The standard InChI is InChI=1S/C32H46N2O7Si/c1-9-19-39-25(35)20-33-27(26(30(33)38)22(3)41-42(7,8)31(4,5)6)21(2)28(36)34-29(37)23-15-11-12-16-24(23)40-32(34)17-13-10-14-18-32/h9,11-12,15-16,21-22,26-27H,1,10,13-14,17-20H2,2-8H3/t21-,22-,26?,27?/m1/s1. The van der Waals surface area contributed by atoms with Crippen LogP contribution in [0.1, 0.15) is 77.1 Å². The maximum Gasteiger partial charge on any atom is 0.325 e. The highest BCUT2D eigenvalue weighted by atomic mass is 28.4. The van der Waals surface area contributed by atoms with Gasteiger partial charge in [-0.3, -0.25) is 19.2 Å². The summed E-state index contributed by atoms with van der Waals surface area (Å²) in [6.07, 6.45) is 4.72. The van der Waals surface area contributed by atoms with Gasteiger partial charge in [-0.15, -0.1) is 0 Å². The van der Waals surface area contributed by atoms with Crippen molar-refractivity contribution in [1.29, 1.82) is 0 Å². The Kier molecular flexibility index (Phi) is 9.09. The van der Waals surface area contributed by atoms with Crippen molar-refractivity contribution < 1.29 is 33.1 Å². The number of carbonyl (C=O) groups excluding carboxylic acids is 4. The molecule has 0 aromatic heterocycles. The lowest BCUT2D eigenvalue weighted by atomic mass is 9.75. The van der Waals surface area contributed by atoms with E-state index in [9.17, 15) is 19.2 Å². The third kappa shape index (κ3) is 5.80. The number of likely N-dealkylation sites (tertiary alicyclic amines) is 1. The molecule has 2 aliphatic heterocycles. The lowest BCUT2D eigenvalue weighted by molar-refractivity contribution is -0.180. The summed E-state index contributed by atoms with van der Waals surface area (Å²) >= 11 is 0. The van der Waals surface area contributed by atoms with Crippen LogP contribution >= 0.6 is 0 Å². The molecule has 1 aliphatic carbocycles. The molecule has 1 aromatic rings. The topological polar surface area (TPSA) is 102 Å². The molecule has 2 unspecified atom stereocenters. The molecule has 1 aromatic carbocycles. The minimum atomic E-state index is -2.26. The second-order valence-corrected chi connectivity index (χ2v) is 18.2. The second kappa shape index (κ2) is 12.0. The van der Waals surface area contributed by atoms with Gasteiger partial charge in [0.1, 0.15) is 18.9 Å². The van der Waals surface area contributed by atoms with Gasteiger partial charge in [0.15, 0.2) is 14.0 Å². The Morgan fingerprint density at radius 3 is 2.40 bits per heavy atom. The number of benzene rings is 1. The highest BCUT2D eigenvalue weighted by Crippen LogP contribution is 2.45. The van der Waals surface area contributed by atoms with E-state index in [4.69, 9.17) is 13.9 Å². The Bertz CT molecular complexity index is 1230. The number of fused-ring (bicyclic) bond motifs is 1. The summed E-state index contributed by atoms with van der Waals surface area (Å²) in [6.45, 7) is 17.5. The number of amides is 3. The first-order chi connectivity index (χ1) is 19.6. The van der Waals surface area contributed by atoms with E-state index >= 15 is 0 Å². The van der Waals surface area contributed by atoms with Gasteiger partial charge in [-0.2, -0.15) is 0 Å². The third-order valence-corrected chi connectivity index (χ3v) is 14.1. The number of β-lactam (4-membered cyclic amide) rings is 1. The summed E-state index contributed by atoms with van der Waals surface area (Å²) < 4.78 is 18.3. The highest BCUT2D eigenvalue weighted by Gasteiger charge is 2.59. The summed E-state index contributed by atoms with van der Waals surface area (Å²) in [7, 11) is -2.26. The van der Waals surface area contributed by atoms with Gasteiger partial charge in [0.2, 0.25) is 11.8 Å². The van der Waals surface area contributed by atoms with E-state index in [1.165, 1.54) is 15.9 Å². The van der Waals surface area contributed by atoms with Crippen molar-refractivity contribution >= 4 is 32.0 Å². The lowest BCUT2D eigenvalue weighted by Crippen LogP contribution is -2.71. The van der Waals surface area contributed by atoms with Crippen LogP contribution in [0.25, 0.3) is 0 Å². The molecule has 2 heterocycles. The third-order valence-electron chi connectivity index (χ3n) is 9.54. The first-order valence-corrected chi connectivity index (χ1v) is 18.0. The van der Waals surface area contributed by atoms with Crippen molar-refractivity contribution in [2.24, 2.45) is 11.8 Å². The molecule has 9 nitrogen and oxygen atoms in total. The number of para-hydroxylation sites is 1. The largest absolute Gasteiger partial charge is 0.467 e. The summed E-state index contributed by atoms with van der Waals surface area (Å²) in [4.78, 5) is 57.4. The molecule has 1 saturated carbocycles. The maximum absolute atomic E-state index is 14.5. The number of hydrogen-bond donors (Lipinski definition) is 0. The van der Waals surface area contributed by atoms with Crippen LogP contribution in [-0.4, -0.2) is 72.8 Å². The molecule has 2 fully saturated rings. The van der Waals surface area contributed by atoms with E-state index in [-0.39, 0.29) is 30.0 Å². The molecule has 3 aliphatic rings. The number of hydrogen-bond acceptors (Lipinski definition) is 7. The Balaban J connectivity index is 1.68. The molecule has 0 radical (unpaired) electrons. The van der Waals surface area contributed by atoms with Gasteiger partial charge in [0.05, 0.1) is 29.5 Å². The van der Waals surface area contributed by atoms with Gasteiger partial charge >= 0.3 is 5.97 Å². The second-order valence-electron chi connectivity index (χ2n) is 13.4. The fraction of sp³-hybridized carbons (Fsp3) is 0.625. The number of esters is 1. The van der Waals surface area contributed by atoms with E-state index in [0.29, 0.717) is 24.2 Å². The molecule has 3 amide bonds. The van der Waals surface area contributed by atoms with Crippen LogP contribution in [0.3, 0.4) is 0 Å². The number of carbonyl (C=O) groups is 4. The Morgan fingerprint density at radius 2 is 1.79 bits per heavy atom. The van der Waals surface area contributed by atoms with Crippen LogP contribution in [0, 0.1) is 11.8 Å². The Hall–Kier alpha value is -2.98. The molecule has 4 rings (SSSR count). The zero-order valence-corrected chi connectivity index (χ0v) is 27.1. The minimum Gasteiger partial charge on any atom is -0.467 e. The van der Waals surface area contributed by atoms with E-state index in [2.05, 4.69) is 40.4 Å². The molecule has 0 N–H and O–H groups in total. The molecular weight excluding hydrogens is 552 g/mol. The molecule has 42 heavy (non-hydrogen) atoms. The van der Waals surface area contributed by atoms with E-state index in [1.807, 2.05) is 13.0 Å². The van der Waals surface area contributed by atoms with Crippen molar-refractivity contribution in [3.63, 3.8) is 0 Å². The quantitative estimate of drug-likeness (QED) is 0.164. The van der Waals surface area contributed by atoms with E-state index in [1.54, 1.807) is 25.1 Å². The predicted octanol–water partition coefficient (Wildman–Crippen LogP) is 5.31. The first-order valence-electron chi connectivity index (χ1n) is 15.1. The van der Waals surface area contributed by atoms with Crippen molar-refractivity contribution in [2.75, 3.05) is 13.2 Å². The minimum absolute atomic E-state index is 0.0237. The van der Waals surface area contributed by atoms with E-state index < -0.39 is 49.9 Å².